The monoisotopic (exact) mass is 231 g/mol. The molecular formula is C11H12F3NO. The van der Waals surface area contributed by atoms with Gasteiger partial charge in [0, 0.05) is 18.2 Å². The number of hydrogen-bond donors (Lipinski definition) is 1. The molecule has 2 rings (SSSR count). The lowest BCUT2D eigenvalue weighted by Gasteiger charge is -2.13. The Morgan fingerprint density at radius 3 is 2.56 bits per heavy atom. The second-order valence-electron chi connectivity index (χ2n) is 3.81. The number of hydrogen-bond acceptors (Lipinski definition) is 2. The topological polar surface area (TPSA) is 21.3 Å². The lowest BCUT2D eigenvalue weighted by Crippen LogP contribution is -2.20. The summed E-state index contributed by atoms with van der Waals surface area (Å²) in [6.07, 6.45) is -2.43. The molecule has 1 aromatic carbocycles. The van der Waals surface area contributed by atoms with Crippen LogP contribution in [0, 0.1) is 0 Å². The average Bonchev–Trinajstić information content (AvgIpc) is 2.98. The number of ether oxygens (including phenoxy) is 1. The van der Waals surface area contributed by atoms with Crippen molar-refractivity contribution in [2.75, 3.05) is 0 Å². The lowest BCUT2D eigenvalue weighted by atomic mass is 10.2. The van der Waals surface area contributed by atoms with Gasteiger partial charge in [0.15, 0.2) is 0 Å². The number of benzene rings is 1. The van der Waals surface area contributed by atoms with E-state index in [1.807, 2.05) is 0 Å². The van der Waals surface area contributed by atoms with Gasteiger partial charge in [-0.15, -0.1) is 13.2 Å². The summed E-state index contributed by atoms with van der Waals surface area (Å²) in [4.78, 5) is 0. The van der Waals surface area contributed by atoms with Gasteiger partial charge in [-0.3, -0.25) is 0 Å². The van der Waals surface area contributed by atoms with Gasteiger partial charge in [0.2, 0.25) is 0 Å². The maximum absolute atomic E-state index is 12.1. The molecule has 0 aromatic heterocycles. The zero-order valence-corrected chi connectivity index (χ0v) is 8.55. The van der Waals surface area contributed by atoms with Crippen LogP contribution in [0.1, 0.15) is 18.4 Å². The van der Waals surface area contributed by atoms with E-state index in [2.05, 4.69) is 10.1 Å². The van der Waals surface area contributed by atoms with Crippen molar-refractivity contribution in [2.24, 2.45) is 0 Å². The molecule has 0 bridgehead atoms. The molecule has 88 valence electrons. The van der Waals surface area contributed by atoms with Crippen LogP contribution in [0.25, 0.3) is 0 Å². The van der Waals surface area contributed by atoms with E-state index in [0.717, 1.165) is 12.8 Å². The van der Waals surface area contributed by atoms with Crippen LogP contribution >= 0.6 is 0 Å². The molecule has 1 N–H and O–H groups in total. The smallest absolute Gasteiger partial charge is 0.405 e. The first-order chi connectivity index (χ1) is 7.54. The molecule has 0 aliphatic heterocycles. The van der Waals surface area contributed by atoms with Crippen LogP contribution in [-0.2, 0) is 6.54 Å². The lowest BCUT2D eigenvalue weighted by molar-refractivity contribution is -0.274. The Labute approximate surface area is 91.4 Å². The predicted molar refractivity (Wildman–Crippen MR) is 53.0 cm³/mol. The molecule has 0 unspecified atom stereocenters. The van der Waals surface area contributed by atoms with Crippen LogP contribution in [0.15, 0.2) is 24.3 Å². The molecule has 1 aromatic rings. The molecule has 1 aliphatic rings. The Bertz CT molecular complexity index is 360. The summed E-state index contributed by atoms with van der Waals surface area (Å²) in [5.41, 5.74) is 0.534. The minimum absolute atomic E-state index is 0.122. The molecule has 1 aliphatic carbocycles. The van der Waals surface area contributed by atoms with Crippen molar-refractivity contribution >= 4 is 0 Å². The van der Waals surface area contributed by atoms with Gasteiger partial charge in [-0.2, -0.15) is 0 Å². The van der Waals surface area contributed by atoms with E-state index in [0.29, 0.717) is 18.2 Å². The highest BCUT2D eigenvalue weighted by molar-refractivity contribution is 5.33. The molecule has 0 heterocycles. The fraction of sp³-hybridized carbons (Fsp3) is 0.455. The number of alkyl halides is 3. The Balaban J connectivity index is 2.03. The quantitative estimate of drug-likeness (QED) is 0.860. The van der Waals surface area contributed by atoms with Crippen LogP contribution in [0.3, 0.4) is 0 Å². The normalized spacial score (nSPS) is 16.2. The van der Waals surface area contributed by atoms with E-state index in [1.165, 1.54) is 12.1 Å². The van der Waals surface area contributed by atoms with Gasteiger partial charge in [-0.1, -0.05) is 18.2 Å². The first kappa shape index (κ1) is 11.3. The summed E-state index contributed by atoms with van der Waals surface area (Å²) in [5.74, 6) is -0.122. The van der Waals surface area contributed by atoms with Gasteiger partial charge in [-0.05, 0) is 18.9 Å². The predicted octanol–water partition coefficient (Wildman–Crippen LogP) is 2.84. The van der Waals surface area contributed by atoms with Crippen molar-refractivity contribution in [1.82, 2.24) is 5.32 Å². The van der Waals surface area contributed by atoms with Gasteiger partial charge in [0.1, 0.15) is 5.75 Å². The fourth-order valence-electron chi connectivity index (χ4n) is 1.42. The van der Waals surface area contributed by atoms with Crippen LogP contribution < -0.4 is 10.1 Å². The third-order valence-electron chi connectivity index (χ3n) is 2.36. The standard InChI is InChI=1S/C11H12F3NO/c12-11(13,14)16-10-4-2-1-3-8(10)7-15-9-5-6-9/h1-4,9,15H,5-7H2. The minimum atomic E-state index is -4.63. The molecular weight excluding hydrogens is 219 g/mol. The third-order valence-corrected chi connectivity index (χ3v) is 2.36. The molecule has 16 heavy (non-hydrogen) atoms. The highest BCUT2D eigenvalue weighted by Crippen LogP contribution is 2.27. The van der Waals surface area contributed by atoms with Crippen molar-refractivity contribution in [2.45, 2.75) is 31.8 Å². The molecule has 0 saturated heterocycles. The van der Waals surface area contributed by atoms with E-state index >= 15 is 0 Å². The van der Waals surface area contributed by atoms with Crippen molar-refractivity contribution in [3.63, 3.8) is 0 Å². The number of rotatable bonds is 4. The van der Waals surface area contributed by atoms with Gasteiger partial charge >= 0.3 is 6.36 Å². The van der Waals surface area contributed by atoms with Crippen molar-refractivity contribution in [1.29, 1.82) is 0 Å². The van der Waals surface area contributed by atoms with Gasteiger partial charge in [0.05, 0.1) is 0 Å². The largest absolute Gasteiger partial charge is 0.573 e. The first-order valence-electron chi connectivity index (χ1n) is 5.11. The Morgan fingerprint density at radius 2 is 1.94 bits per heavy atom. The van der Waals surface area contributed by atoms with E-state index in [-0.39, 0.29) is 5.75 Å². The molecule has 1 fully saturated rings. The zero-order chi connectivity index (χ0) is 11.6. The summed E-state index contributed by atoms with van der Waals surface area (Å²) < 4.78 is 40.2. The van der Waals surface area contributed by atoms with Crippen LogP contribution in [-0.4, -0.2) is 12.4 Å². The number of nitrogens with one attached hydrogen (secondary N) is 1. The molecule has 1 saturated carbocycles. The van der Waals surface area contributed by atoms with Crippen LogP contribution in [0.5, 0.6) is 5.75 Å². The summed E-state index contributed by atoms with van der Waals surface area (Å²) in [5, 5.41) is 3.15. The highest BCUT2D eigenvalue weighted by Gasteiger charge is 2.32. The molecule has 0 spiro atoms. The molecule has 0 atom stereocenters. The average molecular weight is 231 g/mol. The van der Waals surface area contributed by atoms with Crippen LogP contribution in [0.4, 0.5) is 13.2 Å². The molecule has 2 nitrogen and oxygen atoms in total. The van der Waals surface area contributed by atoms with Gasteiger partial charge in [-0.25, -0.2) is 0 Å². The molecule has 0 amide bonds. The second kappa shape index (κ2) is 4.33. The summed E-state index contributed by atoms with van der Waals surface area (Å²) >= 11 is 0. The number of halogens is 3. The molecule has 0 radical (unpaired) electrons. The fourth-order valence-corrected chi connectivity index (χ4v) is 1.42. The minimum Gasteiger partial charge on any atom is -0.405 e. The van der Waals surface area contributed by atoms with E-state index in [4.69, 9.17) is 0 Å². The third kappa shape index (κ3) is 3.41. The van der Waals surface area contributed by atoms with Crippen LogP contribution in [0.2, 0.25) is 0 Å². The zero-order valence-electron chi connectivity index (χ0n) is 8.55. The molecule has 5 heteroatoms. The summed E-state index contributed by atoms with van der Waals surface area (Å²) in [6, 6.07) is 6.65. The first-order valence-corrected chi connectivity index (χ1v) is 5.11. The maximum Gasteiger partial charge on any atom is 0.573 e. The Morgan fingerprint density at radius 1 is 1.25 bits per heavy atom. The summed E-state index contributed by atoms with van der Waals surface area (Å²) in [6.45, 7) is 0.414. The number of para-hydroxylation sites is 1. The van der Waals surface area contributed by atoms with E-state index < -0.39 is 6.36 Å². The van der Waals surface area contributed by atoms with Gasteiger partial charge < -0.3 is 10.1 Å². The van der Waals surface area contributed by atoms with Crippen molar-refractivity contribution in [3.8, 4) is 5.75 Å². The second-order valence-corrected chi connectivity index (χ2v) is 3.81. The summed E-state index contributed by atoms with van der Waals surface area (Å²) in [7, 11) is 0. The maximum atomic E-state index is 12.1. The van der Waals surface area contributed by atoms with Crippen molar-refractivity contribution < 1.29 is 17.9 Å². The Kier molecular flexibility index (Phi) is 3.05. The van der Waals surface area contributed by atoms with E-state index in [9.17, 15) is 13.2 Å². The Hall–Kier alpha value is -1.23. The van der Waals surface area contributed by atoms with E-state index in [1.54, 1.807) is 12.1 Å². The SMILES string of the molecule is FC(F)(F)Oc1ccccc1CNC1CC1. The van der Waals surface area contributed by atoms with Crippen molar-refractivity contribution in [3.05, 3.63) is 29.8 Å². The highest BCUT2D eigenvalue weighted by atomic mass is 19.4. The van der Waals surface area contributed by atoms with Gasteiger partial charge in [0.25, 0.3) is 0 Å².